The average Bonchev–Trinajstić information content (AvgIpc) is 3.04. The highest BCUT2D eigenvalue weighted by Gasteiger charge is 2.35. The standard InChI is InChI=1S/C15H16N2O9/c1-8(2)14(24-13(22)7-16-9(18)3-4-10(16)19)25-15(23)26-17-11(20)5-6-12(17)21/h3-4,8,14H,5-7H2,1-2H3. The lowest BCUT2D eigenvalue weighted by atomic mass is 10.2. The van der Waals surface area contributed by atoms with Crippen molar-refractivity contribution in [2.45, 2.75) is 33.0 Å². The van der Waals surface area contributed by atoms with Gasteiger partial charge in [-0.3, -0.25) is 28.9 Å². The van der Waals surface area contributed by atoms with E-state index in [1.165, 1.54) is 0 Å². The molecule has 0 aromatic carbocycles. The third kappa shape index (κ3) is 4.43. The first-order chi connectivity index (χ1) is 12.2. The van der Waals surface area contributed by atoms with Crippen LogP contribution in [0.5, 0.6) is 0 Å². The van der Waals surface area contributed by atoms with Crippen LogP contribution in [0, 0.1) is 5.92 Å². The van der Waals surface area contributed by atoms with Crippen molar-refractivity contribution >= 4 is 35.8 Å². The number of hydroxylamine groups is 2. The van der Waals surface area contributed by atoms with E-state index >= 15 is 0 Å². The number of nitrogens with zero attached hydrogens (tertiary/aromatic N) is 2. The van der Waals surface area contributed by atoms with E-state index in [0.29, 0.717) is 4.90 Å². The Labute approximate surface area is 147 Å². The molecule has 26 heavy (non-hydrogen) atoms. The molecular formula is C15H16N2O9. The van der Waals surface area contributed by atoms with Gasteiger partial charge in [0, 0.05) is 30.9 Å². The van der Waals surface area contributed by atoms with E-state index in [2.05, 4.69) is 4.84 Å². The number of carbonyl (C=O) groups is 6. The minimum atomic E-state index is -1.41. The minimum absolute atomic E-state index is 0.0827. The van der Waals surface area contributed by atoms with Crippen LogP contribution in [0.15, 0.2) is 12.2 Å². The van der Waals surface area contributed by atoms with E-state index < -0.39 is 54.5 Å². The fourth-order valence-corrected chi connectivity index (χ4v) is 2.03. The smallest absolute Gasteiger partial charge is 0.423 e. The summed E-state index contributed by atoms with van der Waals surface area (Å²) in [5, 5.41) is 0.286. The first-order valence-corrected chi connectivity index (χ1v) is 7.66. The predicted molar refractivity (Wildman–Crippen MR) is 79.2 cm³/mol. The maximum absolute atomic E-state index is 11.9. The monoisotopic (exact) mass is 368 g/mol. The Morgan fingerprint density at radius 3 is 2.04 bits per heavy atom. The molecule has 4 amide bonds. The van der Waals surface area contributed by atoms with Crippen LogP contribution in [-0.4, -0.2) is 58.6 Å². The Hall–Kier alpha value is -3.24. The molecule has 1 fully saturated rings. The van der Waals surface area contributed by atoms with Crippen molar-refractivity contribution in [1.82, 2.24) is 9.96 Å². The van der Waals surface area contributed by atoms with Crippen molar-refractivity contribution in [1.29, 1.82) is 0 Å². The van der Waals surface area contributed by atoms with Crippen LogP contribution in [0.4, 0.5) is 4.79 Å². The van der Waals surface area contributed by atoms with Gasteiger partial charge in [-0.2, -0.15) is 0 Å². The second-order valence-corrected chi connectivity index (χ2v) is 5.74. The predicted octanol–water partition coefficient (Wildman–Crippen LogP) is -0.346. The first-order valence-electron chi connectivity index (χ1n) is 7.66. The molecule has 0 spiro atoms. The molecule has 1 atom stereocenters. The van der Waals surface area contributed by atoms with Gasteiger partial charge in [-0.25, -0.2) is 9.59 Å². The van der Waals surface area contributed by atoms with Crippen LogP contribution in [0.2, 0.25) is 0 Å². The highest BCUT2D eigenvalue weighted by Crippen LogP contribution is 2.15. The van der Waals surface area contributed by atoms with Gasteiger partial charge >= 0.3 is 12.1 Å². The van der Waals surface area contributed by atoms with E-state index in [9.17, 15) is 28.8 Å². The molecule has 0 radical (unpaired) electrons. The molecule has 0 bridgehead atoms. The van der Waals surface area contributed by atoms with Gasteiger partial charge < -0.3 is 9.47 Å². The summed E-state index contributed by atoms with van der Waals surface area (Å²) in [6.07, 6.45) is -0.971. The van der Waals surface area contributed by atoms with E-state index in [1.807, 2.05) is 0 Å². The number of hydrogen-bond acceptors (Lipinski definition) is 9. The molecule has 0 saturated carbocycles. The number of rotatable bonds is 6. The SMILES string of the molecule is CC(C)C(OC(=O)CN1C(=O)C=CC1=O)OC(=O)ON1C(=O)CCC1=O. The van der Waals surface area contributed by atoms with Crippen molar-refractivity contribution in [3.05, 3.63) is 12.2 Å². The van der Waals surface area contributed by atoms with Crippen LogP contribution < -0.4 is 0 Å². The lowest BCUT2D eigenvalue weighted by Gasteiger charge is -2.22. The fourth-order valence-electron chi connectivity index (χ4n) is 2.03. The third-order valence-corrected chi connectivity index (χ3v) is 3.36. The number of esters is 1. The van der Waals surface area contributed by atoms with Gasteiger partial charge in [0.05, 0.1) is 0 Å². The van der Waals surface area contributed by atoms with Crippen molar-refractivity contribution in [3.8, 4) is 0 Å². The fraction of sp³-hybridized carbons (Fsp3) is 0.467. The zero-order chi connectivity index (χ0) is 19.4. The largest absolute Gasteiger partial charge is 0.537 e. The Bertz CT molecular complexity index is 645. The second kappa shape index (κ2) is 7.76. The number of imide groups is 2. The molecule has 1 unspecified atom stereocenters. The summed E-state index contributed by atoms with van der Waals surface area (Å²) in [5.41, 5.74) is 0. The molecule has 2 aliphatic heterocycles. The van der Waals surface area contributed by atoms with Crippen molar-refractivity contribution in [2.24, 2.45) is 5.92 Å². The Morgan fingerprint density at radius 1 is 1.00 bits per heavy atom. The van der Waals surface area contributed by atoms with Crippen molar-refractivity contribution in [3.63, 3.8) is 0 Å². The molecule has 0 aromatic rings. The highest BCUT2D eigenvalue weighted by atomic mass is 16.9. The van der Waals surface area contributed by atoms with Crippen LogP contribution >= 0.6 is 0 Å². The van der Waals surface area contributed by atoms with E-state index in [4.69, 9.17) is 9.47 Å². The Kier molecular flexibility index (Phi) is 5.70. The van der Waals surface area contributed by atoms with Gasteiger partial charge in [0.1, 0.15) is 6.54 Å². The molecule has 1 saturated heterocycles. The highest BCUT2D eigenvalue weighted by molar-refractivity contribution is 6.14. The van der Waals surface area contributed by atoms with E-state index in [-0.39, 0.29) is 17.9 Å². The lowest BCUT2D eigenvalue weighted by molar-refractivity contribution is -0.199. The summed E-state index contributed by atoms with van der Waals surface area (Å²) in [5.74, 6) is -4.22. The molecule has 2 aliphatic rings. The normalized spacial score (nSPS) is 18.0. The summed E-state index contributed by atoms with van der Waals surface area (Å²) < 4.78 is 9.74. The van der Waals surface area contributed by atoms with Crippen LogP contribution in [-0.2, 0) is 38.3 Å². The zero-order valence-electron chi connectivity index (χ0n) is 14.0. The molecule has 0 aromatic heterocycles. The van der Waals surface area contributed by atoms with Crippen molar-refractivity contribution < 1.29 is 43.1 Å². The summed E-state index contributed by atoms with van der Waals surface area (Å²) in [6.45, 7) is 2.46. The van der Waals surface area contributed by atoms with Gasteiger partial charge in [-0.1, -0.05) is 18.9 Å². The lowest BCUT2D eigenvalue weighted by Crippen LogP contribution is -2.40. The van der Waals surface area contributed by atoms with Gasteiger partial charge in [-0.15, -0.1) is 0 Å². The molecular weight excluding hydrogens is 352 g/mol. The zero-order valence-corrected chi connectivity index (χ0v) is 14.0. The maximum Gasteiger partial charge on any atom is 0.537 e. The minimum Gasteiger partial charge on any atom is -0.423 e. The first kappa shape index (κ1) is 19.1. The van der Waals surface area contributed by atoms with Gasteiger partial charge in [-0.05, 0) is 0 Å². The maximum atomic E-state index is 11.9. The number of ether oxygens (including phenoxy) is 2. The number of amides is 4. The van der Waals surface area contributed by atoms with Gasteiger partial charge in [0.25, 0.3) is 29.9 Å². The number of carbonyl (C=O) groups excluding carboxylic acids is 6. The molecule has 2 rings (SSSR count). The van der Waals surface area contributed by atoms with Crippen LogP contribution in [0.3, 0.4) is 0 Å². The molecule has 0 aliphatic carbocycles. The molecule has 11 nitrogen and oxygen atoms in total. The van der Waals surface area contributed by atoms with Crippen LogP contribution in [0.1, 0.15) is 26.7 Å². The summed E-state index contributed by atoms with van der Waals surface area (Å²) in [7, 11) is 0. The summed E-state index contributed by atoms with van der Waals surface area (Å²) in [4.78, 5) is 74.4. The van der Waals surface area contributed by atoms with Gasteiger partial charge in [0.15, 0.2) is 0 Å². The summed E-state index contributed by atoms with van der Waals surface area (Å²) >= 11 is 0. The third-order valence-electron chi connectivity index (χ3n) is 3.36. The van der Waals surface area contributed by atoms with E-state index in [0.717, 1.165) is 12.2 Å². The quantitative estimate of drug-likeness (QED) is 0.350. The molecule has 2 heterocycles. The Morgan fingerprint density at radius 2 is 1.54 bits per heavy atom. The van der Waals surface area contributed by atoms with Gasteiger partial charge in [0.2, 0.25) is 0 Å². The van der Waals surface area contributed by atoms with E-state index in [1.54, 1.807) is 13.8 Å². The Balaban J connectivity index is 1.89. The molecule has 11 heteroatoms. The topological polar surface area (TPSA) is 137 Å². The van der Waals surface area contributed by atoms with Crippen molar-refractivity contribution in [2.75, 3.05) is 6.54 Å². The molecule has 0 N–H and O–H groups in total. The second-order valence-electron chi connectivity index (χ2n) is 5.74. The molecule has 140 valence electrons. The average molecular weight is 368 g/mol. The summed E-state index contributed by atoms with van der Waals surface area (Å²) in [6, 6.07) is 0. The number of hydrogen-bond donors (Lipinski definition) is 0. The van der Waals surface area contributed by atoms with Crippen LogP contribution in [0.25, 0.3) is 0 Å².